The number of pyridine rings is 1. The Morgan fingerprint density at radius 1 is 1.20 bits per heavy atom. The van der Waals surface area contributed by atoms with Crippen LogP contribution in [0.25, 0.3) is 11.0 Å². The largest absolute Gasteiger partial charge is 0.381 e. The fourth-order valence-electron chi connectivity index (χ4n) is 2.96. The average molecular weight is 352 g/mol. The number of hydrogen-bond acceptors (Lipinski definition) is 5. The Kier molecular flexibility index (Phi) is 3.70. The molecule has 3 aromatic rings. The Hall–Kier alpha value is -2.85. The highest BCUT2D eigenvalue weighted by Crippen LogP contribution is 2.32. The number of anilines is 1. The van der Waals surface area contributed by atoms with E-state index in [1.807, 2.05) is 0 Å². The van der Waals surface area contributed by atoms with Gasteiger partial charge in [-0.2, -0.15) is 5.26 Å². The summed E-state index contributed by atoms with van der Waals surface area (Å²) >= 11 is 0. The molecule has 126 valence electrons. The molecule has 0 spiro atoms. The normalized spacial score (nSPS) is 14.8. The first kappa shape index (κ1) is 15.7. The van der Waals surface area contributed by atoms with E-state index in [9.17, 15) is 13.7 Å². The van der Waals surface area contributed by atoms with Crippen LogP contribution in [0.3, 0.4) is 0 Å². The fourth-order valence-corrected chi connectivity index (χ4v) is 4.28. The van der Waals surface area contributed by atoms with Crippen LogP contribution in [-0.2, 0) is 10.0 Å². The molecule has 2 aromatic heterocycles. The van der Waals surface area contributed by atoms with Crippen LogP contribution in [0, 0.1) is 11.3 Å². The fraction of sp³-hybridized carbons (Fsp3) is 0.222. The van der Waals surface area contributed by atoms with Crippen molar-refractivity contribution in [2.75, 3.05) is 5.32 Å². The maximum atomic E-state index is 12.9. The van der Waals surface area contributed by atoms with Crippen LogP contribution < -0.4 is 5.32 Å². The van der Waals surface area contributed by atoms with Crippen LogP contribution in [0.5, 0.6) is 0 Å². The van der Waals surface area contributed by atoms with Crippen LogP contribution in [0.4, 0.5) is 5.69 Å². The smallest absolute Gasteiger partial charge is 0.269 e. The first-order chi connectivity index (χ1) is 12.1. The summed E-state index contributed by atoms with van der Waals surface area (Å²) in [4.78, 5) is 4.44. The molecule has 1 fully saturated rings. The predicted octanol–water partition coefficient (Wildman–Crippen LogP) is 3.11. The van der Waals surface area contributed by atoms with E-state index in [1.54, 1.807) is 36.4 Å². The third-order valence-corrected chi connectivity index (χ3v) is 6.24. The SMILES string of the molecule is N#Cc1cnc2c(ccn2S(=O)(=O)c2ccccc2)c1NC1CCC1. The van der Waals surface area contributed by atoms with E-state index >= 15 is 0 Å². The molecule has 7 heteroatoms. The van der Waals surface area contributed by atoms with Crippen molar-refractivity contribution in [1.82, 2.24) is 8.96 Å². The molecule has 1 N–H and O–H groups in total. The lowest BCUT2D eigenvalue weighted by Crippen LogP contribution is -2.27. The Morgan fingerprint density at radius 2 is 1.96 bits per heavy atom. The lowest BCUT2D eigenvalue weighted by atomic mass is 9.92. The van der Waals surface area contributed by atoms with Crippen molar-refractivity contribution in [3.63, 3.8) is 0 Å². The zero-order valence-corrected chi connectivity index (χ0v) is 14.2. The van der Waals surface area contributed by atoms with Crippen LogP contribution in [0.2, 0.25) is 0 Å². The summed E-state index contributed by atoms with van der Waals surface area (Å²) in [6, 6.07) is 12.4. The summed E-state index contributed by atoms with van der Waals surface area (Å²) < 4.78 is 27.0. The molecule has 0 unspecified atom stereocenters. The Labute approximate surface area is 145 Å². The molecule has 0 saturated heterocycles. The van der Waals surface area contributed by atoms with Crippen molar-refractivity contribution in [1.29, 1.82) is 5.26 Å². The van der Waals surface area contributed by atoms with Gasteiger partial charge in [0.1, 0.15) is 6.07 Å². The standard InChI is InChI=1S/C18H16N4O2S/c19-11-13-12-20-18-16(17(13)21-14-5-4-6-14)9-10-22(18)25(23,24)15-7-2-1-3-8-15/h1-3,7-10,12,14H,4-6H2,(H,20,21). The van der Waals surface area contributed by atoms with Gasteiger partial charge in [-0.15, -0.1) is 0 Å². The van der Waals surface area contributed by atoms with Gasteiger partial charge in [0.15, 0.2) is 5.65 Å². The highest BCUT2D eigenvalue weighted by atomic mass is 32.2. The van der Waals surface area contributed by atoms with E-state index in [4.69, 9.17) is 0 Å². The lowest BCUT2D eigenvalue weighted by molar-refractivity contribution is 0.446. The molecular formula is C18H16N4O2S. The zero-order chi connectivity index (χ0) is 17.4. The first-order valence-electron chi connectivity index (χ1n) is 8.08. The number of hydrogen-bond donors (Lipinski definition) is 1. The molecule has 0 aliphatic heterocycles. The summed E-state index contributed by atoms with van der Waals surface area (Å²) in [7, 11) is -3.74. The summed E-state index contributed by atoms with van der Waals surface area (Å²) in [6.07, 6.45) is 6.19. The number of nitrogens with one attached hydrogen (secondary N) is 1. The van der Waals surface area contributed by atoms with Crippen molar-refractivity contribution < 1.29 is 8.42 Å². The molecule has 1 saturated carbocycles. The van der Waals surface area contributed by atoms with Crippen LogP contribution >= 0.6 is 0 Å². The number of nitriles is 1. The molecule has 0 bridgehead atoms. The second-order valence-electron chi connectivity index (χ2n) is 6.10. The molecular weight excluding hydrogens is 336 g/mol. The maximum Gasteiger partial charge on any atom is 0.269 e. The van der Waals surface area contributed by atoms with Gasteiger partial charge >= 0.3 is 0 Å². The Balaban J connectivity index is 1.88. The van der Waals surface area contributed by atoms with Gasteiger partial charge in [0, 0.05) is 23.8 Å². The van der Waals surface area contributed by atoms with Crippen molar-refractivity contribution in [3.05, 3.63) is 54.4 Å². The van der Waals surface area contributed by atoms with E-state index in [0.717, 1.165) is 19.3 Å². The van der Waals surface area contributed by atoms with E-state index in [2.05, 4.69) is 16.4 Å². The van der Waals surface area contributed by atoms with Gasteiger partial charge < -0.3 is 5.32 Å². The molecule has 1 aromatic carbocycles. The molecule has 1 aliphatic rings. The van der Waals surface area contributed by atoms with E-state index in [0.29, 0.717) is 28.3 Å². The molecule has 0 atom stereocenters. The van der Waals surface area contributed by atoms with Gasteiger partial charge in [-0.25, -0.2) is 17.4 Å². The molecule has 2 heterocycles. The first-order valence-corrected chi connectivity index (χ1v) is 9.52. The van der Waals surface area contributed by atoms with Crippen molar-refractivity contribution >= 4 is 26.7 Å². The van der Waals surface area contributed by atoms with E-state index < -0.39 is 10.0 Å². The van der Waals surface area contributed by atoms with Gasteiger partial charge in [0.2, 0.25) is 0 Å². The van der Waals surface area contributed by atoms with Crippen molar-refractivity contribution in [2.24, 2.45) is 0 Å². The molecule has 0 radical (unpaired) electrons. The van der Waals surface area contributed by atoms with Crippen LogP contribution in [0.1, 0.15) is 24.8 Å². The minimum atomic E-state index is -3.74. The van der Waals surface area contributed by atoms with E-state index in [-0.39, 0.29) is 4.90 Å². The summed E-state index contributed by atoms with van der Waals surface area (Å²) in [5.41, 5.74) is 1.41. The molecule has 0 amide bonds. The van der Waals surface area contributed by atoms with Crippen LogP contribution in [-0.4, -0.2) is 23.4 Å². The zero-order valence-electron chi connectivity index (χ0n) is 13.4. The highest BCUT2D eigenvalue weighted by Gasteiger charge is 2.24. The molecule has 1 aliphatic carbocycles. The van der Waals surface area contributed by atoms with Gasteiger partial charge in [-0.05, 0) is 37.5 Å². The summed E-state index contributed by atoms with van der Waals surface area (Å²) in [5, 5.41) is 13.4. The Bertz CT molecular complexity index is 1080. The third kappa shape index (κ3) is 2.55. The van der Waals surface area contributed by atoms with Gasteiger partial charge in [-0.1, -0.05) is 18.2 Å². The quantitative estimate of drug-likeness (QED) is 0.779. The third-order valence-electron chi connectivity index (χ3n) is 4.55. The molecule has 25 heavy (non-hydrogen) atoms. The Morgan fingerprint density at radius 3 is 2.60 bits per heavy atom. The highest BCUT2D eigenvalue weighted by molar-refractivity contribution is 7.90. The van der Waals surface area contributed by atoms with Gasteiger partial charge in [-0.3, -0.25) is 0 Å². The summed E-state index contributed by atoms with van der Waals surface area (Å²) in [6.45, 7) is 0. The van der Waals surface area contributed by atoms with Gasteiger partial charge in [0.25, 0.3) is 10.0 Å². The maximum absolute atomic E-state index is 12.9. The second-order valence-corrected chi connectivity index (χ2v) is 7.91. The number of aromatic nitrogens is 2. The van der Waals surface area contributed by atoms with Crippen molar-refractivity contribution in [2.45, 2.75) is 30.2 Å². The lowest BCUT2D eigenvalue weighted by Gasteiger charge is -2.28. The van der Waals surface area contributed by atoms with Crippen LogP contribution in [0.15, 0.2) is 53.7 Å². The summed E-state index contributed by atoms with van der Waals surface area (Å²) in [5.74, 6) is 0. The minimum absolute atomic E-state index is 0.201. The molecule has 4 rings (SSSR count). The number of fused-ring (bicyclic) bond motifs is 1. The molecule has 6 nitrogen and oxygen atoms in total. The number of nitrogens with zero attached hydrogens (tertiary/aromatic N) is 3. The topological polar surface area (TPSA) is 87.8 Å². The number of benzene rings is 1. The van der Waals surface area contributed by atoms with Crippen molar-refractivity contribution in [3.8, 4) is 6.07 Å². The van der Waals surface area contributed by atoms with Gasteiger partial charge in [0.05, 0.1) is 16.1 Å². The number of rotatable bonds is 4. The minimum Gasteiger partial charge on any atom is -0.381 e. The van der Waals surface area contributed by atoms with E-state index in [1.165, 1.54) is 16.4 Å². The second kappa shape index (κ2) is 5.90. The predicted molar refractivity (Wildman–Crippen MR) is 94.7 cm³/mol. The average Bonchev–Trinajstić information content (AvgIpc) is 3.03. The monoisotopic (exact) mass is 352 g/mol.